The summed E-state index contributed by atoms with van der Waals surface area (Å²) >= 11 is 0. The quantitative estimate of drug-likeness (QED) is 0.767. The first kappa shape index (κ1) is 15.0. The third-order valence-electron chi connectivity index (χ3n) is 4.35. The molecule has 0 aromatic rings. The summed E-state index contributed by atoms with van der Waals surface area (Å²) in [5.41, 5.74) is 0. The molecule has 2 heteroatoms. The van der Waals surface area contributed by atoms with Gasteiger partial charge in [0, 0.05) is 18.6 Å². The summed E-state index contributed by atoms with van der Waals surface area (Å²) in [6.45, 7) is 15.4. The lowest BCUT2D eigenvalue weighted by Gasteiger charge is -2.41. The fourth-order valence-corrected chi connectivity index (χ4v) is 3.18. The predicted molar refractivity (Wildman–Crippen MR) is 76.4 cm³/mol. The van der Waals surface area contributed by atoms with Crippen LogP contribution in [0, 0.1) is 11.8 Å². The molecule has 1 rings (SSSR count). The van der Waals surface area contributed by atoms with Gasteiger partial charge in [-0.2, -0.15) is 0 Å². The maximum atomic E-state index is 3.49. The van der Waals surface area contributed by atoms with Crippen LogP contribution in [0.1, 0.15) is 53.9 Å². The minimum Gasteiger partial charge on any atom is -0.315 e. The van der Waals surface area contributed by atoms with Gasteiger partial charge in [0.15, 0.2) is 0 Å². The number of piperidine rings is 1. The van der Waals surface area contributed by atoms with E-state index in [0.29, 0.717) is 6.04 Å². The van der Waals surface area contributed by atoms with E-state index in [1.54, 1.807) is 0 Å². The molecule has 1 aliphatic rings. The van der Waals surface area contributed by atoms with Crippen molar-refractivity contribution in [2.75, 3.05) is 19.6 Å². The molecule has 0 aliphatic carbocycles. The van der Waals surface area contributed by atoms with E-state index in [9.17, 15) is 0 Å². The van der Waals surface area contributed by atoms with Crippen LogP contribution in [0.4, 0.5) is 0 Å². The molecule has 0 amide bonds. The van der Waals surface area contributed by atoms with Gasteiger partial charge in [0.25, 0.3) is 0 Å². The minimum atomic E-state index is 0.676. The second-order valence-electron chi connectivity index (χ2n) is 6.15. The molecule has 1 fully saturated rings. The lowest BCUT2D eigenvalue weighted by atomic mass is 9.86. The lowest BCUT2D eigenvalue weighted by Crippen LogP contribution is -2.46. The Morgan fingerprint density at radius 3 is 2.65 bits per heavy atom. The third kappa shape index (κ3) is 4.97. The SMILES string of the molecule is CCNC(C)CCCN1CC(C)CC(C)C1C. The molecule has 4 unspecified atom stereocenters. The molecule has 0 spiro atoms. The molecule has 1 N–H and O–H groups in total. The second kappa shape index (κ2) is 7.38. The predicted octanol–water partition coefficient (Wildman–Crippen LogP) is 3.13. The van der Waals surface area contributed by atoms with Gasteiger partial charge in [-0.15, -0.1) is 0 Å². The third-order valence-corrected chi connectivity index (χ3v) is 4.35. The Kier molecular flexibility index (Phi) is 6.50. The number of nitrogens with one attached hydrogen (secondary N) is 1. The average molecular weight is 240 g/mol. The molecule has 0 aromatic heterocycles. The fourth-order valence-electron chi connectivity index (χ4n) is 3.18. The Morgan fingerprint density at radius 2 is 2.00 bits per heavy atom. The fraction of sp³-hybridized carbons (Fsp3) is 1.00. The van der Waals surface area contributed by atoms with E-state index in [2.05, 4.69) is 44.8 Å². The van der Waals surface area contributed by atoms with Crippen LogP contribution in [-0.2, 0) is 0 Å². The monoisotopic (exact) mass is 240 g/mol. The molecule has 0 bridgehead atoms. The van der Waals surface area contributed by atoms with Gasteiger partial charge in [-0.25, -0.2) is 0 Å². The van der Waals surface area contributed by atoms with E-state index < -0.39 is 0 Å². The first-order chi connectivity index (χ1) is 8.04. The van der Waals surface area contributed by atoms with Crippen LogP contribution in [0.2, 0.25) is 0 Å². The van der Waals surface area contributed by atoms with Gasteiger partial charge in [0.05, 0.1) is 0 Å². The molecule has 1 aliphatic heterocycles. The van der Waals surface area contributed by atoms with Crippen molar-refractivity contribution in [3.8, 4) is 0 Å². The van der Waals surface area contributed by atoms with Gasteiger partial charge in [-0.3, -0.25) is 0 Å². The maximum absolute atomic E-state index is 3.49. The normalized spacial score (nSPS) is 32.6. The Balaban J connectivity index is 2.25. The molecular weight excluding hydrogens is 208 g/mol. The van der Waals surface area contributed by atoms with Gasteiger partial charge in [0.1, 0.15) is 0 Å². The highest BCUT2D eigenvalue weighted by Gasteiger charge is 2.28. The highest BCUT2D eigenvalue weighted by Crippen LogP contribution is 2.26. The molecule has 4 atom stereocenters. The summed E-state index contributed by atoms with van der Waals surface area (Å²) in [6, 6.07) is 1.45. The van der Waals surface area contributed by atoms with Crippen LogP contribution < -0.4 is 5.32 Å². The molecule has 102 valence electrons. The number of likely N-dealkylation sites (tertiary alicyclic amines) is 1. The van der Waals surface area contributed by atoms with Crippen LogP contribution >= 0.6 is 0 Å². The van der Waals surface area contributed by atoms with Gasteiger partial charge in [0.2, 0.25) is 0 Å². The van der Waals surface area contributed by atoms with Crippen molar-refractivity contribution in [2.45, 2.75) is 66.0 Å². The first-order valence-corrected chi connectivity index (χ1v) is 7.52. The molecular formula is C15H32N2. The van der Waals surface area contributed by atoms with Crippen molar-refractivity contribution in [1.29, 1.82) is 0 Å². The Bertz CT molecular complexity index is 205. The molecule has 0 aromatic carbocycles. The number of rotatable bonds is 6. The second-order valence-corrected chi connectivity index (χ2v) is 6.15. The summed E-state index contributed by atoms with van der Waals surface area (Å²) in [5.74, 6) is 1.75. The van der Waals surface area contributed by atoms with Crippen molar-refractivity contribution in [3.63, 3.8) is 0 Å². The van der Waals surface area contributed by atoms with Crippen molar-refractivity contribution < 1.29 is 0 Å². The van der Waals surface area contributed by atoms with Gasteiger partial charge < -0.3 is 10.2 Å². The Hall–Kier alpha value is -0.0800. The van der Waals surface area contributed by atoms with E-state index in [4.69, 9.17) is 0 Å². The zero-order valence-electron chi connectivity index (χ0n) is 12.5. The van der Waals surface area contributed by atoms with E-state index in [1.165, 1.54) is 32.4 Å². The summed E-state index contributed by atoms with van der Waals surface area (Å²) in [5, 5.41) is 3.49. The van der Waals surface area contributed by atoms with E-state index in [-0.39, 0.29) is 0 Å². The first-order valence-electron chi connectivity index (χ1n) is 7.52. The van der Waals surface area contributed by atoms with Crippen molar-refractivity contribution in [1.82, 2.24) is 10.2 Å². The van der Waals surface area contributed by atoms with E-state index in [1.807, 2.05) is 0 Å². The van der Waals surface area contributed by atoms with Gasteiger partial charge >= 0.3 is 0 Å². The van der Waals surface area contributed by atoms with Crippen molar-refractivity contribution in [3.05, 3.63) is 0 Å². The highest BCUT2D eigenvalue weighted by atomic mass is 15.2. The number of hydrogen-bond acceptors (Lipinski definition) is 2. The maximum Gasteiger partial charge on any atom is 0.00927 e. The largest absolute Gasteiger partial charge is 0.315 e. The van der Waals surface area contributed by atoms with Crippen LogP contribution in [0.3, 0.4) is 0 Å². The summed E-state index contributed by atoms with van der Waals surface area (Å²) in [7, 11) is 0. The Morgan fingerprint density at radius 1 is 1.29 bits per heavy atom. The topological polar surface area (TPSA) is 15.3 Å². The lowest BCUT2D eigenvalue weighted by molar-refractivity contribution is 0.0776. The molecule has 1 saturated heterocycles. The molecule has 1 heterocycles. The zero-order chi connectivity index (χ0) is 12.8. The summed E-state index contributed by atoms with van der Waals surface area (Å²) in [4.78, 5) is 2.71. The smallest absolute Gasteiger partial charge is 0.00927 e. The molecule has 17 heavy (non-hydrogen) atoms. The molecule has 0 saturated carbocycles. The van der Waals surface area contributed by atoms with Crippen molar-refractivity contribution >= 4 is 0 Å². The zero-order valence-corrected chi connectivity index (χ0v) is 12.5. The van der Waals surface area contributed by atoms with E-state index >= 15 is 0 Å². The van der Waals surface area contributed by atoms with E-state index in [0.717, 1.165) is 24.4 Å². The molecule has 0 radical (unpaired) electrons. The van der Waals surface area contributed by atoms with Crippen molar-refractivity contribution in [2.24, 2.45) is 11.8 Å². The summed E-state index contributed by atoms with van der Waals surface area (Å²) in [6.07, 6.45) is 4.04. The average Bonchev–Trinajstić information content (AvgIpc) is 2.25. The highest BCUT2D eigenvalue weighted by molar-refractivity contribution is 4.81. The standard InChI is InChI=1S/C15H32N2/c1-6-16-14(4)8-7-9-17-11-12(2)10-13(3)15(17)5/h12-16H,6-11H2,1-5H3. The number of nitrogens with zero attached hydrogens (tertiary/aromatic N) is 1. The summed E-state index contributed by atoms with van der Waals surface area (Å²) < 4.78 is 0. The minimum absolute atomic E-state index is 0.676. The Labute approximate surface area is 108 Å². The molecule has 2 nitrogen and oxygen atoms in total. The van der Waals surface area contributed by atoms with Gasteiger partial charge in [-0.1, -0.05) is 20.8 Å². The van der Waals surface area contributed by atoms with Crippen LogP contribution in [0.25, 0.3) is 0 Å². The number of hydrogen-bond donors (Lipinski definition) is 1. The van der Waals surface area contributed by atoms with Gasteiger partial charge in [-0.05, 0) is 58.0 Å². The van der Waals surface area contributed by atoms with Crippen LogP contribution in [-0.4, -0.2) is 36.6 Å². The van der Waals surface area contributed by atoms with Crippen LogP contribution in [0.15, 0.2) is 0 Å². The van der Waals surface area contributed by atoms with Crippen LogP contribution in [0.5, 0.6) is 0 Å².